The summed E-state index contributed by atoms with van der Waals surface area (Å²) in [5, 5.41) is 10.6. The fourth-order valence-corrected chi connectivity index (χ4v) is 1.42. The summed E-state index contributed by atoms with van der Waals surface area (Å²) >= 11 is 0. The summed E-state index contributed by atoms with van der Waals surface area (Å²) in [6.45, 7) is 1.75. The smallest absolute Gasteiger partial charge is 0.270 e. The Morgan fingerprint density at radius 1 is 1.35 bits per heavy atom. The number of hydrogen-bond acceptors (Lipinski definition) is 4. The molecule has 17 heavy (non-hydrogen) atoms. The number of benzene rings is 1. The second-order valence-electron chi connectivity index (χ2n) is 3.71. The molecule has 0 saturated carbocycles. The summed E-state index contributed by atoms with van der Waals surface area (Å²) in [7, 11) is 0. The maximum Gasteiger partial charge on any atom is 0.270 e. The van der Waals surface area contributed by atoms with Gasteiger partial charge in [-0.1, -0.05) is 18.2 Å². The van der Waals surface area contributed by atoms with Gasteiger partial charge in [-0.05, 0) is 11.6 Å². The van der Waals surface area contributed by atoms with E-state index in [2.05, 4.69) is 0 Å². The molecule has 0 unspecified atom stereocenters. The second-order valence-corrected chi connectivity index (χ2v) is 3.71. The molecular weight excluding hydrogens is 222 g/mol. The van der Waals surface area contributed by atoms with Crippen molar-refractivity contribution in [2.24, 2.45) is 0 Å². The van der Waals surface area contributed by atoms with E-state index in [0.717, 1.165) is 5.56 Å². The van der Waals surface area contributed by atoms with Crippen molar-refractivity contribution in [3.8, 4) is 0 Å². The van der Waals surface area contributed by atoms with Gasteiger partial charge in [-0.2, -0.15) is 0 Å². The number of rotatable bonds is 3. The Kier molecular flexibility index (Phi) is 2.82. The molecule has 0 amide bonds. The number of ether oxygens (including phenoxy) is 2. The summed E-state index contributed by atoms with van der Waals surface area (Å²) in [4.78, 5) is 10.2. The van der Waals surface area contributed by atoms with Gasteiger partial charge in [0.25, 0.3) is 11.5 Å². The maximum atomic E-state index is 10.6. The third-order valence-corrected chi connectivity index (χ3v) is 2.32. The summed E-state index contributed by atoms with van der Waals surface area (Å²) in [5.41, 5.74) is 0.781. The van der Waals surface area contributed by atoms with Crippen LogP contribution in [-0.2, 0) is 9.47 Å². The number of hydrogen-bond donors (Lipinski definition) is 0. The average Bonchev–Trinajstić information content (AvgIpc) is 2.75. The van der Waals surface area contributed by atoms with Gasteiger partial charge in [0.2, 0.25) is 0 Å². The van der Waals surface area contributed by atoms with Gasteiger partial charge in [-0.15, -0.1) is 0 Å². The van der Waals surface area contributed by atoms with E-state index in [9.17, 15) is 10.1 Å². The molecule has 5 heteroatoms. The zero-order valence-corrected chi connectivity index (χ0v) is 9.20. The van der Waals surface area contributed by atoms with E-state index in [1.807, 2.05) is 0 Å². The zero-order valence-electron chi connectivity index (χ0n) is 9.20. The molecule has 88 valence electrons. The Morgan fingerprint density at radius 2 is 2.06 bits per heavy atom. The Balaban J connectivity index is 2.16. The van der Waals surface area contributed by atoms with Crippen LogP contribution >= 0.6 is 0 Å². The zero-order chi connectivity index (χ0) is 12.3. The van der Waals surface area contributed by atoms with E-state index in [4.69, 9.17) is 9.47 Å². The van der Waals surface area contributed by atoms with Crippen LogP contribution in [0.15, 0.2) is 42.9 Å². The first-order valence-corrected chi connectivity index (χ1v) is 5.03. The fourth-order valence-electron chi connectivity index (χ4n) is 1.42. The number of nitro benzene ring substituents is 1. The van der Waals surface area contributed by atoms with E-state index in [1.54, 1.807) is 31.2 Å². The summed E-state index contributed by atoms with van der Waals surface area (Å²) in [5.74, 6) is -0.829. The highest BCUT2D eigenvalue weighted by atomic mass is 16.7. The Hall–Kier alpha value is -2.30. The molecule has 5 nitrogen and oxygen atoms in total. The van der Waals surface area contributed by atoms with E-state index >= 15 is 0 Å². The lowest BCUT2D eigenvalue weighted by atomic mass is 10.1. The van der Waals surface area contributed by atoms with Gasteiger partial charge in [-0.3, -0.25) is 10.1 Å². The highest BCUT2D eigenvalue weighted by molar-refractivity contribution is 5.54. The molecule has 1 aromatic carbocycles. The second kappa shape index (κ2) is 4.29. The lowest BCUT2D eigenvalue weighted by Crippen LogP contribution is -2.21. The van der Waals surface area contributed by atoms with Gasteiger partial charge in [0, 0.05) is 19.1 Å². The van der Waals surface area contributed by atoms with Crippen LogP contribution < -0.4 is 0 Å². The average molecular weight is 233 g/mol. The molecule has 1 heterocycles. The van der Waals surface area contributed by atoms with Crippen molar-refractivity contribution >= 4 is 11.8 Å². The van der Waals surface area contributed by atoms with Crippen LogP contribution in [0.5, 0.6) is 0 Å². The lowest BCUT2D eigenvalue weighted by molar-refractivity contribution is -0.384. The number of non-ortho nitro benzene ring substituents is 1. The van der Waals surface area contributed by atoms with Crippen LogP contribution in [0.1, 0.15) is 12.5 Å². The minimum absolute atomic E-state index is 0.0590. The molecule has 1 aliphatic heterocycles. The predicted molar refractivity (Wildman–Crippen MR) is 61.8 cm³/mol. The molecular formula is C12H11NO4. The van der Waals surface area contributed by atoms with Crippen LogP contribution in [0.2, 0.25) is 0 Å². The SMILES string of the molecule is CC1(C=Cc2cccc([N+](=O)[O-])c2)OC=CO1. The van der Waals surface area contributed by atoms with Gasteiger partial charge in [0.1, 0.15) is 12.5 Å². The van der Waals surface area contributed by atoms with Gasteiger partial charge in [0.05, 0.1) is 4.92 Å². The fraction of sp³-hybridized carbons (Fsp3) is 0.167. The molecule has 0 N–H and O–H groups in total. The molecule has 1 aliphatic rings. The Bertz CT molecular complexity index is 485. The first-order chi connectivity index (χ1) is 8.09. The molecule has 0 atom stereocenters. The van der Waals surface area contributed by atoms with Gasteiger partial charge in [-0.25, -0.2) is 0 Å². The van der Waals surface area contributed by atoms with Gasteiger partial charge >= 0.3 is 0 Å². The summed E-state index contributed by atoms with van der Waals surface area (Å²) in [6.07, 6.45) is 6.33. The maximum absolute atomic E-state index is 10.6. The van der Waals surface area contributed by atoms with Crippen molar-refractivity contribution in [2.75, 3.05) is 0 Å². The van der Waals surface area contributed by atoms with Crippen LogP contribution in [0.3, 0.4) is 0 Å². The van der Waals surface area contributed by atoms with E-state index in [1.165, 1.54) is 24.7 Å². The van der Waals surface area contributed by atoms with E-state index in [-0.39, 0.29) is 5.69 Å². The van der Waals surface area contributed by atoms with Crippen molar-refractivity contribution in [1.29, 1.82) is 0 Å². The predicted octanol–water partition coefficient (Wildman–Crippen LogP) is 2.84. The molecule has 1 aromatic rings. The van der Waals surface area contributed by atoms with Crippen molar-refractivity contribution in [1.82, 2.24) is 0 Å². The first kappa shape index (κ1) is 11.2. The monoisotopic (exact) mass is 233 g/mol. The van der Waals surface area contributed by atoms with Crippen molar-refractivity contribution < 1.29 is 14.4 Å². The molecule has 0 aromatic heterocycles. The molecule has 0 radical (unpaired) electrons. The van der Waals surface area contributed by atoms with Gasteiger partial charge < -0.3 is 9.47 Å². The Morgan fingerprint density at radius 3 is 2.71 bits per heavy atom. The molecule has 0 fully saturated rings. The molecule has 0 spiro atoms. The highest BCUT2D eigenvalue weighted by Crippen LogP contribution is 2.23. The van der Waals surface area contributed by atoms with Crippen LogP contribution in [0, 0.1) is 10.1 Å². The lowest BCUT2D eigenvalue weighted by Gasteiger charge is -2.18. The third kappa shape index (κ3) is 2.63. The van der Waals surface area contributed by atoms with E-state index < -0.39 is 10.7 Å². The van der Waals surface area contributed by atoms with Crippen LogP contribution in [0.25, 0.3) is 6.08 Å². The van der Waals surface area contributed by atoms with Crippen molar-refractivity contribution in [3.63, 3.8) is 0 Å². The number of nitrogens with zero attached hydrogens (tertiary/aromatic N) is 1. The van der Waals surface area contributed by atoms with Crippen LogP contribution in [0.4, 0.5) is 5.69 Å². The van der Waals surface area contributed by atoms with Gasteiger partial charge in [0.15, 0.2) is 0 Å². The van der Waals surface area contributed by atoms with Crippen LogP contribution in [-0.4, -0.2) is 10.7 Å². The largest absolute Gasteiger partial charge is 0.454 e. The molecule has 0 bridgehead atoms. The van der Waals surface area contributed by atoms with E-state index in [0.29, 0.717) is 0 Å². The quantitative estimate of drug-likeness (QED) is 0.594. The number of nitro groups is 1. The minimum Gasteiger partial charge on any atom is -0.454 e. The summed E-state index contributed by atoms with van der Waals surface area (Å²) in [6, 6.07) is 6.34. The topological polar surface area (TPSA) is 61.6 Å². The van der Waals surface area contributed by atoms with Crippen molar-refractivity contribution in [2.45, 2.75) is 12.7 Å². The molecule has 0 saturated heterocycles. The first-order valence-electron chi connectivity index (χ1n) is 5.03. The normalized spacial score (nSPS) is 16.8. The van der Waals surface area contributed by atoms with Crippen molar-refractivity contribution in [3.05, 3.63) is 58.5 Å². The third-order valence-electron chi connectivity index (χ3n) is 2.32. The highest BCUT2D eigenvalue weighted by Gasteiger charge is 2.25. The Labute approximate surface area is 98.1 Å². The summed E-state index contributed by atoms with van der Waals surface area (Å²) < 4.78 is 10.4. The minimum atomic E-state index is -0.829. The molecule has 2 rings (SSSR count). The molecule has 0 aliphatic carbocycles. The standard InChI is InChI=1S/C12H11NO4/c1-12(16-7-8-17-12)6-5-10-3-2-4-11(9-10)13(14)15/h2-9H,1H3.